The first kappa shape index (κ1) is 14.4. The monoisotopic (exact) mass is 345 g/mol. The zero-order valence-corrected chi connectivity index (χ0v) is 12.2. The van der Waals surface area contributed by atoms with Crippen LogP contribution in [0.3, 0.4) is 0 Å². The molecule has 19 heavy (non-hydrogen) atoms. The number of rotatable bonds is 3. The molecule has 0 amide bonds. The van der Waals surface area contributed by atoms with E-state index in [9.17, 15) is 8.78 Å². The summed E-state index contributed by atoms with van der Waals surface area (Å²) in [6.45, 7) is 0. The standard InChI is InChI=1S/C14H11BrClF2N/c15-9-2-1-8(12(16)6-9)5-14(19)11-4-3-10(17)7-13(11)18/h1-4,6-7,14H,5,19H2. The topological polar surface area (TPSA) is 26.0 Å². The van der Waals surface area contributed by atoms with Crippen LogP contribution in [0.15, 0.2) is 40.9 Å². The predicted octanol–water partition coefficient (Wildman–Crippen LogP) is 4.62. The summed E-state index contributed by atoms with van der Waals surface area (Å²) in [5, 5.41) is 0.562. The van der Waals surface area contributed by atoms with Gasteiger partial charge in [-0.1, -0.05) is 39.7 Å². The molecule has 2 aromatic rings. The van der Waals surface area contributed by atoms with Crippen LogP contribution in [0.2, 0.25) is 5.02 Å². The van der Waals surface area contributed by atoms with Crippen molar-refractivity contribution in [3.63, 3.8) is 0 Å². The van der Waals surface area contributed by atoms with E-state index in [2.05, 4.69) is 15.9 Å². The third-order valence-corrected chi connectivity index (χ3v) is 3.66. The summed E-state index contributed by atoms with van der Waals surface area (Å²) >= 11 is 9.40. The molecule has 5 heteroatoms. The van der Waals surface area contributed by atoms with Gasteiger partial charge in [0.15, 0.2) is 0 Å². The van der Waals surface area contributed by atoms with E-state index in [4.69, 9.17) is 17.3 Å². The lowest BCUT2D eigenvalue weighted by atomic mass is 9.99. The number of hydrogen-bond donors (Lipinski definition) is 1. The fourth-order valence-corrected chi connectivity index (χ4v) is 2.59. The fourth-order valence-electron chi connectivity index (χ4n) is 1.84. The lowest BCUT2D eigenvalue weighted by molar-refractivity contribution is 0.554. The molecule has 0 aliphatic heterocycles. The quantitative estimate of drug-likeness (QED) is 0.862. The van der Waals surface area contributed by atoms with E-state index in [-0.39, 0.29) is 5.56 Å². The summed E-state index contributed by atoms with van der Waals surface area (Å²) in [5.74, 6) is -1.25. The molecule has 0 saturated heterocycles. The van der Waals surface area contributed by atoms with Gasteiger partial charge in [0.1, 0.15) is 11.6 Å². The molecular formula is C14H11BrClF2N. The van der Waals surface area contributed by atoms with Crippen LogP contribution in [0.25, 0.3) is 0 Å². The maximum absolute atomic E-state index is 13.6. The molecule has 2 rings (SSSR count). The first-order chi connectivity index (χ1) is 8.97. The zero-order chi connectivity index (χ0) is 14.0. The van der Waals surface area contributed by atoms with Gasteiger partial charge < -0.3 is 5.73 Å². The van der Waals surface area contributed by atoms with Crippen LogP contribution in [0.4, 0.5) is 8.78 Å². The van der Waals surface area contributed by atoms with Crippen LogP contribution >= 0.6 is 27.5 Å². The Morgan fingerprint density at radius 3 is 2.53 bits per heavy atom. The third kappa shape index (κ3) is 3.53. The molecule has 0 radical (unpaired) electrons. The molecule has 2 aromatic carbocycles. The van der Waals surface area contributed by atoms with Gasteiger partial charge in [0, 0.05) is 27.2 Å². The van der Waals surface area contributed by atoms with Crippen LogP contribution in [0, 0.1) is 11.6 Å². The molecule has 0 bridgehead atoms. The number of benzene rings is 2. The van der Waals surface area contributed by atoms with Crippen molar-refractivity contribution in [2.24, 2.45) is 5.73 Å². The SMILES string of the molecule is NC(Cc1ccc(Br)cc1Cl)c1ccc(F)cc1F. The average Bonchev–Trinajstić information content (AvgIpc) is 2.32. The second kappa shape index (κ2) is 5.99. The van der Waals surface area contributed by atoms with Crippen molar-refractivity contribution in [2.75, 3.05) is 0 Å². The summed E-state index contributed by atoms with van der Waals surface area (Å²) in [6, 6.07) is 8.24. The minimum Gasteiger partial charge on any atom is -0.324 e. The molecule has 2 N–H and O–H groups in total. The van der Waals surface area contributed by atoms with Crippen molar-refractivity contribution in [2.45, 2.75) is 12.5 Å². The normalized spacial score (nSPS) is 12.5. The van der Waals surface area contributed by atoms with Gasteiger partial charge >= 0.3 is 0 Å². The van der Waals surface area contributed by atoms with Crippen LogP contribution in [0.1, 0.15) is 17.2 Å². The number of nitrogens with two attached hydrogens (primary N) is 1. The first-order valence-electron chi connectivity index (χ1n) is 5.62. The van der Waals surface area contributed by atoms with Crippen molar-refractivity contribution >= 4 is 27.5 Å². The van der Waals surface area contributed by atoms with E-state index in [1.807, 2.05) is 12.1 Å². The summed E-state index contributed by atoms with van der Waals surface area (Å²) in [4.78, 5) is 0. The fraction of sp³-hybridized carbons (Fsp3) is 0.143. The lowest BCUT2D eigenvalue weighted by Crippen LogP contribution is -2.15. The van der Waals surface area contributed by atoms with Crippen LogP contribution in [-0.2, 0) is 6.42 Å². The highest BCUT2D eigenvalue weighted by atomic mass is 79.9. The maximum Gasteiger partial charge on any atom is 0.130 e. The Hall–Kier alpha value is -0.970. The molecule has 0 fully saturated rings. The summed E-state index contributed by atoms with van der Waals surface area (Å²) < 4.78 is 27.3. The summed E-state index contributed by atoms with van der Waals surface area (Å²) in [5.41, 5.74) is 7.05. The third-order valence-electron chi connectivity index (χ3n) is 2.82. The molecule has 0 aliphatic carbocycles. The van der Waals surface area contributed by atoms with Gasteiger partial charge in [0.25, 0.3) is 0 Å². The van der Waals surface area contributed by atoms with E-state index in [0.717, 1.165) is 16.1 Å². The number of halogens is 4. The minimum absolute atomic E-state index is 0.278. The van der Waals surface area contributed by atoms with Crippen molar-refractivity contribution in [1.82, 2.24) is 0 Å². The zero-order valence-electron chi connectivity index (χ0n) is 9.84. The Balaban J connectivity index is 2.23. The first-order valence-corrected chi connectivity index (χ1v) is 6.79. The van der Waals surface area contributed by atoms with Gasteiger partial charge in [-0.05, 0) is 30.2 Å². The molecule has 0 aliphatic rings. The van der Waals surface area contributed by atoms with Crippen molar-refractivity contribution in [3.05, 3.63) is 68.7 Å². The van der Waals surface area contributed by atoms with Gasteiger partial charge in [-0.2, -0.15) is 0 Å². The van der Waals surface area contributed by atoms with E-state index in [1.165, 1.54) is 12.1 Å². The largest absolute Gasteiger partial charge is 0.324 e. The highest BCUT2D eigenvalue weighted by Gasteiger charge is 2.14. The van der Waals surface area contributed by atoms with E-state index in [1.54, 1.807) is 6.07 Å². The average molecular weight is 347 g/mol. The van der Waals surface area contributed by atoms with Crippen LogP contribution in [0.5, 0.6) is 0 Å². The molecule has 100 valence electrons. The van der Waals surface area contributed by atoms with Gasteiger partial charge in [-0.25, -0.2) is 8.78 Å². The molecule has 1 unspecified atom stereocenters. The van der Waals surface area contributed by atoms with Gasteiger partial charge in [0.2, 0.25) is 0 Å². The Kier molecular flexibility index (Phi) is 4.55. The van der Waals surface area contributed by atoms with Crippen LogP contribution < -0.4 is 5.73 Å². The molecule has 0 heterocycles. The van der Waals surface area contributed by atoms with Gasteiger partial charge in [0.05, 0.1) is 0 Å². The van der Waals surface area contributed by atoms with E-state index < -0.39 is 17.7 Å². The van der Waals surface area contributed by atoms with Crippen LogP contribution in [-0.4, -0.2) is 0 Å². The van der Waals surface area contributed by atoms with Crippen molar-refractivity contribution < 1.29 is 8.78 Å². The Bertz CT molecular complexity index is 604. The molecule has 1 atom stereocenters. The molecule has 1 nitrogen and oxygen atoms in total. The lowest BCUT2D eigenvalue weighted by Gasteiger charge is -2.14. The smallest absolute Gasteiger partial charge is 0.130 e. The van der Waals surface area contributed by atoms with Crippen molar-refractivity contribution in [1.29, 1.82) is 0 Å². The Morgan fingerprint density at radius 1 is 1.16 bits per heavy atom. The van der Waals surface area contributed by atoms with Crippen molar-refractivity contribution in [3.8, 4) is 0 Å². The Labute approximate surface area is 123 Å². The second-order valence-electron chi connectivity index (χ2n) is 4.21. The molecule has 0 saturated carbocycles. The highest BCUT2D eigenvalue weighted by Crippen LogP contribution is 2.26. The minimum atomic E-state index is -0.638. The van der Waals surface area contributed by atoms with E-state index in [0.29, 0.717) is 11.4 Å². The van der Waals surface area contributed by atoms with Gasteiger partial charge in [-0.3, -0.25) is 0 Å². The van der Waals surface area contributed by atoms with E-state index >= 15 is 0 Å². The Morgan fingerprint density at radius 2 is 1.89 bits per heavy atom. The predicted molar refractivity (Wildman–Crippen MR) is 76.1 cm³/mol. The molecule has 0 aromatic heterocycles. The summed E-state index contributed by atoms with van der Waals surface area (Å²) in [6.07, 6.45) is 0.384. The summed E-state index contributed by atoms with van der Waals surface area (Å²) in [7, 11) is 0. The molecule has 0 spiro atoms. The van der Waals surface area contributed by atoms with Gasteiger partial charge in [-0.15, -0.1) is 0 Å². The second-order valence-corrected chi connectivity index (χ2v) is 5.54. The number of hydrogen-bond acceptors (Lipinski definition) is 1. The highest BCUT2D eigenvalue weighted by molar-refractivity contribution is 9.10. The maximum atomic E-state index is 13.6. The molecular weight excluding hydrogens is 336 g/mol.